The highest BCUT2D eigenvalue weighted by Gasteiger charge is 2.47. The van der Waals surface area contributed by atoms with Crippen molar-refractivity contribution in [2.24, 2.45) is 0 Å². The maximum atomic E-state index is 13.7. The highest BCUT2D eigenvalue weighted by atomic mass is 19.4. The molecule has 32 heavy (non-hydrogen) atoms. The van der Waals surface area contributed by atoms with Gasteiger partial charge < -0.3 is 14.7 Å². The second-order valence-corrected chi connectivity index (χ2v) is 7.37. The summed E-state index contributed by atoms with van der Waals surface area (Å²) < 4.78 is 70.7. The van der Waals surface area contributed by atoms with E-state index in [-0.39, 0.29) is 17.3 Å². The molecule has 1 atom stereocenters. The normalized spacial score (nSPS) is 18.2. The quantitative estimate of drug-likeness (QED) is 0.597. The summed E-state index contributed by atoms with van der Waals surface area (Å²) in [6, 6.07) is 8.44. The van der Waals surface area contributed by atoms with Gasteiger partial charge in [-0.2, -0.15) is 13.2 Å². The van der Waals surface area contributed by atoms with Crippen LogP contribution in [0, 0.1) is 0 Å². The number of hydrogen-bond donors (Lipinski definition) is 1. The number of rotatable bonds is 4. The number of pyridine rings is 2. The van der Waals surface area contributed by atoms with Gasteiger partial charge in [0.25, 0.3) is 11.8 Å². The Kier molecular flexibility index (Phi) is 5.45. The molecule has 1 saturated heterocycles. The fourth-order valence-electron chi connectivity index (χ4n) is 3.46. The summed E-state index contributed by atoms with van der Waals surface area (Å²) in [6.45, 7) is -1.36. The van der Waals surface area contributed by atoms with Crippen LogP contribution >= 0.6 is 0 Å². The Labute approximate surface area is 178 Å². The molecule has 11 heteroatoms. The van der Waals surface area contributed by atoms with Crippen LogP contribution in [0.1, 0.15) is 22.5 Å². The molecule has 1 fully saturated rings. The number of likely N-dealkylation sites (tertiary alicyclic amines) is 1. The number of aliphatic hydroxyl groups excluding tert-OH is 1. The predicted molar refractivity (Wildman–Crippen MR) is 103 cm³/mol. The molecule has 1 N–H and O–H groups in total. The van der Waals surface area contributed by atoms with E-state index in [0.717, 1.165) is 17.0 Å². The molecule has 0 unspecified atom stereocenters. The Morgan fingerprint density at radius 1 is 1.19 bits per heavy atom. The first-order chi connectivity index (χ1) is 15.1. The zero-order valence-corrected chi connectivity index (χ0v) is 16.3. The van der Waals surface area contributed by atoms with Crippen LogP contribution < -0.4 is 4.74 Å². The van der Waals surface area contributed by atoms with Gasteiger partial charge in [-0.15, -0.1) is 0 Å². The number of halogens is 5. The standard InChI is InChI=1S/C21H16F5N3O3/c22-20(23)8-14(10-30)29(11-20)19(31)17-4-1-12-7-15(3-5-16(12)28-17)32-18-6-2-13(9-27-18)21(24,25)26/h1-7,9,14,30H,8,10-11H2/t14-/m1/s1. The van der Waals surface area contributed by atoms with Gasteiger partial charge in [0.2, 0.25) is 5.88 Å². The summed E-state index contributed by atoms with van der Waals surface area (Å²) in [5.74, 6) is -3.54. The molecule has 2 aromatic heterocycles. The van der Waals surface area contributed by atoms with Gasteiger partial charge in [0.15, 0.2) is 0 Å². The molecule has 3 aromatic rings. The summed E-state index contributed by atoms with van der Waals surface area (Å²) >= 11 is 0. The number of nitrogens with zero attached hydrogens (tertiary/aromatic N) is 3. The van der Waals surface area contributed by atoms with Gasteiger partial charge >= 0.3 is 6.18 Å². The molecule has 0 bridgehead atoms. The minimum absolute atomic E-state index is 0.0397. The highest BCUT2D eigenvalue weighted by Crippen LogP contribution is 2.33. The molecule has 168 valence electrons. The number of aromatic nitrogens is 2. The number of carbonyl (C=O) groups is 1. The van der Waals surface area contributed by atoms with E-state index in [1.807, 2.05) is 0 Å². The molecule has 1 amide bonds. The highest BCUT2D eigenvalue weighted by molar-refractivity contribution is 5.95. The average Bonchev–Trinajstić information content (AvgIpc) is 3.07. The van der Waals surface area contributed by atoms with Gasteiger partial charge in [0.1, 0.15) is 11.4 Å². The first kappa shape index (κ1) is 21.9. The molecule has 6 nitrogen and oxygen atoms in total. The average molecular weight is 453 g/mol. The van der Waals surface area contributed by atoms with Crippen LogP contribution in [0.25, 0.3) is 10.9 Å². The second kappa shape index (κ2) is 7.97. The summed E-state index contributed by atoms with van der Waals surface area (Å²) in [4.78, 5) is 21.4. The minimum Gasteiger partial charge on any atom is -0.439 e. The molecule has 4 rings (SSSR count). The van der Waals surface area contributed by atoms with Crippen LogP contribution in [-0.2, 0) is 6.18 Å². The Morgan fingerprint density at radius 3 is 2.62 bits per heavy atom. The SMILES string of the molecule is O=C(c1ccc2cc(Oc3ccc(C(F)(F)F)cn3)ccc2n1)N1CC(F)(F)C[C@@H]1CO. The van der Waals surface area contributed by atoms with Gasteiger partial charge in [-0.05, 0) is 30.3 Å². The monoisotopic (exact) mass is 453 g/mol. The van der Waals surface area contributed by atoms with E-state index >= 15 is 0 Å². The number of benzene rings is 1. The van der Waals surface area contributed by atoms with Gasteiger partial charge in [-0.1, -0.05) is 6.07 Å². The van der Waals surface area contributed by atoms with Crippen LogP contribution in [0.3, 0.4) is 0 Å². The van der Waals surface area contributed by atoms with Gasteiger partial charge in [0, 0.05) is 24.1 Å². The van der Waals surface area contributed by atoms with Crippen molar-refractivity contribution < 1.29 is 36.6 Å². The molecule has 3 heterocycles. The van der Waals surface area contributed by atoms with E-state index in [0.29, 0.717) is 17.1 Å². The van der Waals surface area contributed by atoms with E-state index in [4.69, 9.17) is 4.74 Å². The molecule has 1 aliphatic rings. The number of ether oxygens (including phenoxy) is 1. The zero-order chi connectivity index (χ0) is 23.1. The van der Waals surface area contributed by atoms with Crippen molar-refractivity contribution in [2.75, 3.05) is 13.2 Å². The van der Waals surface area contributed by atoms with E-state index in [9.17, 15) is 31.9 Å². The zero-order valence-electron chi connectivity index (χ0n) is 16.3. The lowest BCUT2D eigenvalue weighted by Crippen LogP contribution is -2.38. The lowest BCUT2D eigenvalue weighted by molar-refractivity contribution is -0.137. The summed E-state index contributed by atoms with van der Waals surface area (Å²) in [6.07, 6.45) is -4.45. The Bertz CT molecular complexity index is 1150. The van der Waals surface area contributed by atoms with Crippen LogP contribution in [0.15, 0.2) is 48.7 Å². The maximum Gasteiger partial charge on any atom is 0.417 e. The fourth-order valence-corrected chi connectivity index (χ4v) is 3.46. The van der Waals surface area contributed by atoms with Crippen LogP contribution in [0.2, 0.25) is 0 Å². The Hall–Kier alpha value is -3.34. The van der Waals surface area contributed by atoms with E-state index in [2.05, 4.69) is 9.97 Å². The Balaban J connectivity index is 1.53. The van der Waals surface area contributed by atoms with Crippen molar-refractivity contribution >= 4 is 16.8 Å². The van der Waals surface area contributed by atoms with E-state index in [1.165, 1.54) is 18.2 Å². The first-order valence-corrected chi connectivity index (χ1v) is 9.47. The van der Waals surface area contributed by atoms with Crippen LogP contribution in [-0.4, -0.2) is 51.0 Å². The van der Waals surface area contributed by atoms with Crippen molar-refractivity contribution in [3.05, 3.63) is 59.9 Å². The molecule has 0 aliphatic carbocycles. The number of alkyl halides is 5. The summed E-state index contributed by atoms with van der Waals surface area (Å²) in [5, 5.41) is 9.87. The third-order valence-electron chi connectivity index (χ3n) is 5.01. The van der Waals surface area contributed by atoms with Gasteiger partial charge in [0.05, 0.1) is 30.3 Å². The molecule has 0 saturated carbocycles. The topological polar surface area (TPSA) is 75.5 Å². The molecular weight excluding hydrogens is 437 g/mol. The number of carbonyl (C=O) groups excluding carboxylic acids is 1. The molecule has 0 radical (unpaired) electrons. The second-order valence-electron chi connectivity index (χ2n) is 7.37. The first-order valence-electron chi connectivity index (χ1n) is 9.47. The Morgan fingerprint density at radius 2 is 1.97 bits per heavy atom. The van der Waals surface area contributed by atoms with Crippen LogP contribution in [0.4, 0.5) is 22.0 Å². The lowest BCUT2D eigenvalue weighted by Gasteiger charge is -2.21. The predicted octanol–water partition coefficient (Wildman–Crippen LogP) is 4.28. The maximum absolute atomic E-state index is 13.7. The number of hydrogen-bond acceptors (Lipinski definition) is 5. The van der Waals surface area contributed by atoms with Crippen molar-refractivity contribution in [2.45, 2.75) is 24.6 Å². The van der Waals surface area contributed by atoms with Gasteiger partial charge in [-0.3, -0.25) is 4.79 Å². The van der Waals surface area contributed by atoms with E-state index in [1.54, 1.807) is 12.1 Å². The van der Waals surface area contributed by atoms with Crippen molar-refractivity contribution in [1.29, 1.82) is 0 Å². The molecule has 0 spiro atoms. The number of amides is 1. The number of aliphatic hydroxyl groups is 1. The largest absolute Gasteiger partial charge is 0.439 e. The van der Waals surface area contributed by atoms with E-state index < -0.39 is 49.2 Å². The smallest absolute Gasteiger partial charge is 0.417 e. The van der Waals surface area contributed by atoms with Crippen molar-refractivity contribution in [3.8, 4) is 11.6 Å². The van der Waals surface area contributed by atoms with Crippen LogP contribution in [0.5, 0.6) is 11.6 Å². The fraction of sp³-hybridized carbons (Fsp3) is 0.286. The lowest BCUT2D eigenvalue weighted by atomic mass is 10.1. The summed E-state index contributed by atoms with van der Waals surface area (Å²) in [5.41, 5.74) is -0.564. The van der Waals surface area contributed by atoms with Gasteiger partial charge in [-0.25, -0.2) is 18.7 Å². The molecule has 1 aliphatic heterocycles. The summed E-state index contributed by atoms with van der Waals surface area (Å²) in [7, 11) is 0. The molecular formula is C21H16F5N3O3. The number of fused-ring (bicyclic) bond motifs is 1. The molecule has 1 aromatic carbocycles. The van der Waals surface area contributed by atoms with Crippen molar-refractivity contribution in [1.82, 2.24) is 14.9 Å². The third-order valence-corrected chi connectivity index (χ3v) is 5.01. The van der Waals surface area contributed by atoms with Crippen molar-refractivity contribution in [3.63, 3.8) is 0 Å². The third kappa shape index (κ3) is 4.47. The minimum atomic E-state index is -4.50.